The van der Waals surface area contributed by atoms with Crippen LogP contribution in [0, 0.1) is 0 Å². The summed E-state index contributed by atoms with van der Waals surface area (Å²) in [6.07, 6.45) is 4.86. The Morgan fingerprint density at radius 3 is 2.43 bits per heavy atom. The van der Waals surface area contributed by atoms with Crippen molar-refractivity contribution in [1.29, 1.82) is 0 Å². The van der Waals surface area contributed by atoms with Crippen molar-refractivity contribution in [2.45, 2.75) is 13.3 Å². The van der Waals surface area contributed by atoms with Gasteiger partial charge in [0.25, 0.3) is 0 Å². The highest BCUT2D eigenvalue weighted by Crippen LogP contribution is 2.27. The first-order valence-corrected chi connectivity index (χ1v) is 6.93. The van der Waals surface area contributed by atoms with E-state index in [1.165, 1.54) is 0 Å². The second-order valence-corrected chi connectivity index (χ2v) is 4.81. The van der Waals surface area contributed by atoms with Gasteiger partial charge in [-0.1, -0.05) is 49.4 Å². The summed E-state index contributed by atoms with van der Waals surface area (Å²) >= 11 is 0. The van der Waals surface area contributed by atoms with Crippen molar-refractivity contribution in [2.24, 2.45) is 5.73 Å². The fourth-order valence-corrected chi connectivity index (χ4v) is 2.08. The standard InChI is InChI=1S/C18H20N2O/c1-2-6-14(15-9-10-16(19)18(21)12-15)11-17(20)13-7-4-3-5-8-13/h3-12,21H,2,19-20H2,1H3/b14-6+,17-11-. The van der Waals surface area contributed by atoms with Gasteiger partial charge in [-0.05, 0) is 41.3 Å². The van der Waals surface area contributed by atoms with Crippen molar-refractivity contribution in [3.63, 3.8) is 0 Å². The van der Waals surface area contributed by atoms with Crippen LogP contribution in [0.3, 0.4) is 0 Å². The van der Waals surface area contributed by atoms with Gasteiger partial charge < -0.3 is 16.6 Å². The molecule has 2 rings (SSSR count). The van der Waals surface area contributed by atoms with E-state index in [1.54, 1.807) is 12.1 Å². The molecule has 0 amide bonds. The van der Waals surface area contributed by atoms with Gasteiger partial charge in [-0.15, -0.1) is 0 Å². The molecule has 0 aliphatic heterocycles. The Morgan fingerprint density at radius 2 is 1.81 bits per heavy atom. The summed E-state index contributed by atoms with van der Waals surface area (Å²) in [4.78, 5) is 0. The Labute approximate surface area is 125 Å². The topological polar surface area (TPSA) is 72.3 Å². The van der Waals surface area contributed by atoms with E-state index in [0.717, 1.165) is 23.1 Å². The number of anilines is 1. The molecule has 108 valence electrons. The molecule has 2 aromatic rings. The smallest absolute Gasteiger partial charge is 0.139 e. The zero-order valence-electron chi connectivity index (χ0n) is 12.1. The minimum atomic E-state index is 0.0844. The lowest BCUT2D eigenvalue weighted by atomic mass is 10.0. The van der Waals surface area contributed by atoms with E-state index in [4.69, 9.17) is 11.5 Å². The number of rotatable bonds is 4. The third-order valence-corrected chi connectivity index (χ3v) is 3.21. The van der Waals surface area contributed by atoms with Crippen molar-refractivity contribution >= 4 is 17.0 Å². The SMILES string of the molecule is CC/C=C(\C=C(/N)c1ccccc1)c1ccc(N)c(O)c1. The monoisotopic (exact) mass is 280 g/mol. The predicted molar refractivity (Wildman–Crippen MR) is 89.4 cm³/mol. The Balaban J connectivity index is 2.40. The Morgan fingerprint density at radius 1 is 1.10 bits per heavy atom. The summed E-state index contributed by atoms with van der Waals surface area (Å²) in [6, 6.07) is 15.0. The second-order valence-electron chi connectivity index (χ2n) is 4.81. The fourth-order valence-electron chi connectivity index (χ4n) is 2.08. The van der Waals surface area contributed by atoms with Crippen LogP contribution >= 0.6 is 0 Å². The lowest BCUT2D eigenvalue weighted by molar-refractivity contribution is 0.478. The molecule has 0 aliphatic rings. The van der Waals surface area contributed by atoms with E-state index in [1.807, 2.05) is 42.5 Å². The molecule has 0 aromatic heterocycles. The molecule has 2 aromatic carbocycles. The summed E-state index contributed by atoms with van der Waals surface area (Å²) < 4.78 is 0. The van der Waals surface area contributed by atoms with E-state index in [0.29, 0.717) is 11.4 Å². The Kier molecular flexibility index (Phi) is 4.67. The zero-order valence-corrected chi connectivity index (χ0v) is 12.1. The first-order chi connectivity index (χ1) is 10.1. The molecular weight excluding hydrogens is 260 g/mol. The van der Waals surface area contributed by atoms with Gasteiger partial charge in [0.2, 0.25) is 0 Å². The summed E-state index contributed by atoms with van der Waals surface area (Å²) in [7, 11) is 0. The minimum absolute atomic E-state index is 0.0844. The molecule has 3 nitrogen and oxygen atoms in total. The number of allylic oxidation sites excluding steroid dienone is 3. The molecule has 0 atom stereocenters. The van der Waals surface area contributed by atoms with Crippen LogP contribution < -0.4 is 11.5 Å². The quantitative estimate of drug-likeness (QED) is 0.453. The Hall–Kier alpha value is -2.68. The molecule has 0 fully saturated rings. The Bertz CT molecular complexity index is 673. The zero-order chi connectivity index (χ0) is 15.2. The van der Waals surface area contributed by atoms with Gasteiger partial charge >= 0.3 is 0 Å². The first-order valence-electron chi connectivity index (χ1n) is 6.93. The summed E-state index contributed by atoms with van der Waals surface area (Å²) in [5, 5.41) is 9.76. The van der Waals surface area contributed by atoms with E-state index in [9.17, 15) is 5.11 Å². The van der Waals surface area contributed by atoms with Gasteiger partial charge in [0.1, 0.15) is 5.75 Å². The predicted octanol–water partition coefficient (Wildman–Crippen LogP) is 3.77. The van der Waals surface area contributed by atoms with Crippen molar-refractivity contribution in [2.75, 3.05) is 5.73 Å². The average Bonchev–Trinajstić information content (AvgIpc) is 2.50. The molecule has 0 saturated carbocycles. The largest absolute Gasteiger partial charge is 0.506 e. The molecule has 0 spiro atoms. The van der Waals surface area contributed by atoms with Crippen LogP contribution in [0.1, 0.15) is 24.5 Å². The number of phenols is 1. The van der Waals surface area contributed by atoms with Gasteiger partial charge in [0, 0.05) is 5.70 Å². The second kappa shape index (κ2) is 6.66. The third kappa shape index (κ3) is 3.66. The average molecular weight is 280 g/mol. The first kappa shape index (κ1) is 14.7. The minimum Gasteiger partial charge on any atom is -0.506 e. The third-order valence-electron chi connectivity index (χ3n) is 3.21. The molecule has 0 unspecified atom stereocenters. The summed E-state index contributed by atoms with van der Waals surface area (Å²) in [5.74, 6) is 0.0844. The van der Waals surface area contributed by atoms with Crippen LogP contribution in [-0.2, 0) is 0 Å². The van der Waals surface area contributed by atoms with Crippen molar-refractivity contribution in [1.82, 2.24) is 0 Å². The van der Waals surface area contributed by atoms with Crippen LogP contribution in [0.25, 0.3) is 11.3 Å². The molecule has 0 heterocycles. The van der Waals surface area contributed by atoms with Gasteiger partial charge in [-0.2, -0.15) is 0 Å². The van der Waals surface area contributed by atoms with Crippen LogP contribution in [0.2, 0.25) is 0 Å². The van der Waals surface area contributed by atoms with Gasteiger partial charge in [-0.25, -0.2) is 0 Å². The van der Waals surface area contributed by atoms with Gasteiger partial charge in [0.05, 0.1) is 5.69 Å². The maximum absolute atomic E-state index is 9.76. The molecule has 0 saturated heterocycles. The number of aromatic hydroxyl groups is 1. The summed E-state index contributed by atoms with van der Waals surface area (Å²) in [6.45, 7) is 2.06. The molecular formula is C18H20N2O. The fraction of sp³-hybridized carbons (Fsp3) is 0.111. The molecule has 5 N–H and O–H groups in total. The highest BCUT2D eigenvalue weighted by Gasteiger charge is 2.04. The van der Waals surface area contributed by atoms with E-state index in [-0.39, 0.29) is 5.75 Å². The molecule has 3 heteroatoms. The number of nitrogens with two attached hydrogens (primary N) is 2. The number of nitrogen functional groups attached to an aromatic ring is 1. The van der Waals surface area contributed by atoms with E-state index in [2.05, 4.69) is 13.0 Å². The number of hydrogen-bond donors (Lipinski definition) is 3. The maximum Gasteiger partial charge on any atom is 0.139 e. The maximum atomic E-state index is 9.76. The van der Waals surface area contributed by atoms with Gasteiger partial charge in [0.15, 0.2) is 0 Å². The van der Waals surface area contributed by atoms with Crippen molar-refractivity contribution < 1.29 is 5.11 Å². The highest BCUT2D eigenvalue weighted by molar-refractivity contribution is 5.83. The molecule has 0 aliphatic carbocycles. The van der Waals surface area contributed by atoms with Crippen LogP contribution in [0.5, 0.6) is 5.75 Å². The molecule has 21 heavy (non-hydrogen) atoms. The lowest BCUT2D eigenvalue weighted by Crippen LogP contribution is -1.97. The number of phenolic OH excluding ortho intramolecular Hbond substituents is 1. The van der Waals surface area contributed by atoms with Gasteiger partial charge in [-0.3, -0.25) is 0 Å². The van der Waals surface area contributed by atoms with Crippen molar-refractivity contribution in [3.8, 4) is 5.75 Å². The normalized spacial score (nSPS) is 12.4. The molecule has 0 bridgehead atoms. The van der Waals surface area contributed by atoms with Crippen molar-refractivity contribution in [3.05, 3.63) is 71.8 Å². The summed E-state index contributed by atoms with van der Waals surface area (Å²) in [5.41, 5.74) is 15.7. The lowest BCUT2D eigenvalue weighted by Gasteiger charge is -2.08. The van der Waals surface area contributed by atoms with Crippen LogP contribution in [-0.4, -0.2) is 5.11 Å². The van der Waals surface area contributed by atoms with E-state index < -0.39 is 0 Å². The van der Waals surface area contributed by atoms with Crippen LogP contribution in [0.15, 0.2) is 60.7 Å². The van der Waals surface area contributed by atoms with E-state index >= 15 is 0 Å². The van der Waals surface area contributed by atoms with Crippen LogP contribution in [0.4, 0.5) is 5.69 Å². The number of hydrogen-bond acceptors (Lipinski definition) is 3. The number of benzene rings is 2. The molecule has 0 radical (unpaired) electrons. The highest BCUT2D eigenvalue weighted by atomic mass is 16.3.